The maximum absolute atomic E-state index is 12.3. The molecule has 4 rings (SSSR count). The lowest BCUT2D eigenvalue weighted by Crippen LogP contribution is -2.12. The van der Waals surface area contributed by atoms with Crippen molar-refractivity contribution in [3.8, 4) is 17.0 Å². The number of aryl methyl sites for hydroxylation is 2. The molecule has 1 heterocycles. The average molecular weight is 396 g/mol. The minimum Gasteiger partial charge on any atom is -0.497 e. The number of ether oxygens (including phenoxy) is 1. The van der Waals surface area contributed by atoms with Gasteiger partial charge in [-0.05, 0) is 61.4 Å². The quantitative estimate of drug-likeness (QED) is 0.449. The van der Waals surface area contributed by atoms with Crippen LogP contribution in [0.5, 0.6) is 5.75 Å². The number of pyridine rings is 1. The molecule has 0 spiro atoms. The summed E-state index contributed by atoms with van der Waals surface area (Å²) in [6.07, 6.45) is 1.12. The highest BCUT2D eigenvalue weighted by Gasteiger charge is 2.06. The Morgan fingerprint density at radius 2 is 1.70 bits per heavy atom. The predicted octanol–water partition coefficient (Wildman–Crippen LogP) is 5.79. The second kappa shape index (κ2) is 8.78. The molecular weight excluding hydrogens is 372 g/mol. The first kappa shape index (κ1) is 19.6. The lowest BCUT2D eigenvalue weighted by molar-refractivity contribution is -0.116. The summed E-state index contributed by atoms with van der Waals surface area (Å²) in [4.78, 5) is 17.0. The second-order valence-corrected chi connectivity index (χ2v) is 7.37. The van der Waals surface area contributed by atoms with E-state index in [-0.39, 0.29) is 5.91 Å². The second-order valence-electron chi connectivity index (χ2n) is 7.37. The number of fused-ring (bicyclic) bond motifs is 1. The third-order valence-electron chi connectivity index (χ3n) is 5.11. The first-order valence-electron chi connectivity index (χ1n) is 10.0. The third kappa shape index (κ3) is 4.66. The molecule has 0 bridgehead atoms. The topological polar surface area (TPSA) is 51.2 Å². The van der Waals surface area contributed by atoms with E-state index in [1.54, 1.807) is 7.11 Å². The van der Waals surface area contributed by atoms with Crippen molar-refractivity contribution in [1.29, 1.82) is 0 Å². The number of hydrogen-bond acceptors (Lipinski definition) is 3. The van der Waals surface area contributed by atoms with Gasteiger partial charge in [0.05, 0.1) is 18.3 Å². The maximum atomic E-state index is 12.3. The van der Waals surface area contributed by atoms with Gasteiger partial charge in [-0.2, -0.15) is 0 Å². The van der Waals surface area contributed by atoms with Crippen LogP contribution in [0.15, 0.2) is 78.9 Å². The van der Waals surface area contributed by atoms with Gasteiger partial charge >= 0.3 is 0 Å². The van der Waals surface area contributed by atoms with Crippen molar-refractivity contribution in [2.45, 2.75) is 19.8 Å². The first-order chi connectivity index (χ1) is 14.6. The highest BCUT2D eigenvalue weighted by Crippen LogP contribution is 2.23. The molecule has 0 aliphatic carbocycles. The van der Waals surface area contributed by atoms with Gasteiger partial charge in [0.15, 0.2) is 0 Å². The summed E-state index contributed by atoms with van der Waals surface area (Å²) in [6, 6.07) is 26.0. The summed E-state index contributed by atoms with van der Waals surface area (Å²) in [7, 11) is 1.64. The molecular formula is C26H24N2O2. The normalized spacial score (nSPS) is 10.7. The molecule has 0 saturated heterocycles. The monoisotopic (exact) mass is 396 g/mol. The zero-order valence-corrected chi connectivity index (χ0v) is 17.2. The van der Waals surface area contributed by atoms with Gasteiger partial charge in [-0.3, -0.25) is 4.79 Å². The Hall–Kier alpha value is -3.66. The minimum absolute atomic E-state index is 0.00207. The number of amides is 1. The van der Waals surface area contributed by atoms with E-state index in [0.29, 0.717) is 12.8 Å². The zero-order chi connectivity index (χ0) is 20.9. The van der Waals surface area contributed by atoms with E-state index in [4.69, 9.17) is 9.72 Å². The van der Waals surface area contributed by atoms with Gasteiger partial charge in [-0.25, -0.2) is 4.98 Å². The van der Waals surface area contributed by atoms with Crippen molar-refractivity contribution in [3.05, 3.63) is 90.0 Å². The Labute approximate surface area is 176 Å². The standard InChI is InChI=1S/C26H24N2O2/c1-18-3-14-25-21(17-18)9-15-24(28-25)20-7-10-22(11-8-20)27-26(29)16-6-19-4-12-23(30-2)13-5-19/h3-5,7-15,17H,6,16H2,1-2H3,(H,27,29). The lowest BCUT2D eigenvalue weighted by Gasteiger charge is -2.08. The Morgan fingerprint density at radius 3 is 2.43 bits per heavy atom. The van der Waals surface area contributed by atoms with Crippen molar-refractivity contribution >= 4 is 22.5 Å². The molecule has 0 radical (unpaired) electrons. The van der Waals surface area contributed by atoms with Crippen molar-refractivity contribution in [1.82, 2.24) is 4.98 Å². The molecule has 4 aromatic rings. The fourth-order valence-electron chi connectivity index (χ4n) is 3.40. The molecule has 0 fully saturated rings. The van der Waals surface area contributed by atoms with E-state index in [0.717, 1.165) is 39.2 Å². The van der Waals surface area contributed by atoms with E-state index < -0.39 is 0 Å². The summed E-state index contributed by atoms with van der Waals surface area (Å²) in [5, 5.41) is 4.10. The molecule has 0 saturated carbocycles. The predicted molar refractivity (Wildman–Crippen MR) is 122 cm³/mol. The summed E-state index contributed by atoms with van der Waals surface area (Å²) >= 11 is 0. The molecule has 3 aromatic carbocycles. The maximum Gasteiger partial charge on any atom is 0.224 e. The van der Waals surface area contributed by atoms with Gasteiger partial charge in [0.1, 0.15) is 5.75 Å². The van der Waals surface area contributed by atoms with E-state index >= 15 is 0 Å². The molecule has 4 nitrogen and oxygen atoms in total. The molecule has 150 valence electrons. The van der Waals surface area contributed by atoms with Gasteiger partial charge in [-0.1, -0.05) is 42.0 Å². The lowest BCUT2D eigenvalue weighted by atomic mass is 10.1. The van der Waals surface area contributed by atoms with Crippen molar-refractivity contribution < 1.29 is 9.53 Å². The number of nitrogens with zero attached hydrogens (tertiary/aromatic N) is 1. The number of carbonyl (C=O) groups excluding carboxylic acids is 1. The van der Waals surface area contributed by atoms with Crippen LogP contribution in [-0.4, -0.2) is 18.0 Å². The average Bonchev–Trinajstić information content (AvgIpc) is 2.78. The highest BCUT2D eigenvalue weighted by molar-refractivity contribution is 5.91. The Morgan fingerprint density at radius 1 is 0.933 bits per heavy atom. The molecule has 30 heavy (non-hydrogen) atoms. The van der Waals surface area contributed by atoms with Crippen LogP contribution in [0.3, 0.4) is 0 Å². The van der Waals surface area contributed by atoms with Gasteiger partial charge in [-0.15, -0.1) is 0 Å². The van der Waals surface area contributed by atoms with Crippen LogP contribution in [0.1, 0.15) is 17.5 Å². The first-order valence-corrected chi connectivity index (χ1v) is 10.0. The fourth-order valence-corrected chi connectivity index (χ4v) is 3.40. The molecule has 1 amide bonds. The van der Waals surface area contributed by atoms with E-state index in [1.807, 2.05) is 60.7 Å². The number of nitrogens with one attached hydrogen (secondary N) is 1. The molecule has 1 aromatic heterocycles. The number of anilines is 1. The number of benzene rings is 3. The summed E-state index contributed by atoms with van der Waals surface area (Å²) in [6.45, 7) is 2.08. The van der Waals surface area contributed by atoms with Crippen LogP contribution in [0, 0.1) is 6.92 Å². The highest BCUT2D eigenvalue weighted by atomic mass is 16.5. The van der Waals surface area contributed by atoms with Crippen LogP contribution in [0.2, 0.25) is 0 Å². The summed E-state index contributed by atoms with van der Waals surface area (Å²) in [5.41, 5.74) is 6.05. The summed E-state index contributed by atoms with van der Waals surface area (Å²) in [5.74, 6) is 0.817. The van der Waals surface area contributed by atoms with Crippen molar-refractivity contribution in [3.63, 3.8) is 0 Å². The van der Waals surface area contributed by atoms with Crippen LogP contribution < -0.4 is 10.1 Å². The fraction of sp³-hybridized carbons (Fsp3) is 0.154. The largest absolute Gasteiger partial charge is 0.497 e. The van der Waals surface area contributed by atoms with Gasteiger partial charge in [0, 0.05) is 23.1 Å². The number of rotatable bonds is 6. The van der Waals surface area contributed by atoms with Gasteiger partial charge in [0.2, 0.25) is 5.91 Å². The van der Waals surface area contributed by atoms with E-state index in [9.17, 15) is 4.79 Å². The van der Waals surface area contributed by atoms with Gasteiger partial charge < -0.3 is 10.1 Å². The van der Waals surface area contributed by atoms with Gasteiger partial charge in [0.25, 0.3) is 0 Å². The third-order valence-corrected chi connectivity index (χ3v) is 5.11. The number of aromatic nitrogens is 1. The smallest absolute Gasteiger partial charge is 0.224 e. The molecule has 0 unspecified atom stereocenters. The SMILES string of the molecule is COc1ccc(CCC(=O)Nc2ccc(-c3ccc4cc(C)ccc4n3)cc2)cc1. The molecule has 0 aliphatic rings. The molecule has 1 N–H and O–H groups in total. The summed E-state index contributed by atoms with van der Waals surface area (Å²) < 4.78 is 5.16. The number of carbonyl (C=O) groups is 1. The Balaban J connectivity index is 1.38. The van der Waals surface area contributed by atoms with Crippen molar-refractivity contribution in [2.24, 2.45) is 0 Å². The number of hydrogen-bond donors (Lipinski definition) is 1. The van der Waals surface area contributed by atoms with E-state index in [2.05, 4.69) is 30.4 Å². The number of methoxy groups -OCH3 is 1. The zero-order valence-electron chi connectivity index (χ0n) is 17.2. The van der Waals surface area contributed by atoms with E-state index in [1.165, 1.54) is 5.56 Å². The van der Waals surface area contributed by atoms with Crippen LogP contribution >= 0.6 is 0 Å². The van der Waals surface area contributed by atoms with Crippen LogP contribution in [0.25, 0.3) is 22.2 Å². The molecule has 0 aliphatic heterocycles. The van der Waals surface area contributed by atoms with Crippen LogP contribution in [0.4, 0.5) is 5.69 Å². The van der Waals surface area contributed by atoms with Crippen molar-refractivity contribution in [2.75, 3.05) is 12.4 Å². The van der Waals surface area contributed by atoms with Crippen LogP contribution in [-0.2, 0) is 11.2 Å². The minimum atomic E-state index is -0.00207. The Kier molecular flexibility index (Phi) is 5.75. The molecule has 4 heteroatoms. The Bertz CT molecular complexity index is 1170. The molecule has 0 atom stereocenters.